The fraction of sp³-hybridized carbons (Fsp3) is 0.381. The number of anilines is 1. The Morgan fingerprint density at radius 3 is 2.07 bits per heavy atom. The summed E-state index contributed by atoms with van der Waals surface area (Å²) in [5, 5.41) is 0. The first-order chi connectivity index (χ1) is 13.4. The molecule has 0 N–H and O–H groups in total. The van der Waals surface area contributed by atoms with Crippen molar-refractivity contribution in [2.24, 2.45) is 0 Å². The van der Waals surface area contributed by atoms with Gasteiger partial charge in [-0.2, -0.15) is 0 Å². The average molecular weight is 403 g/mol. The van der Waals surface area contributed by atoms with Crippen molar-refractivity contribution in [1.82, 2.24) is 4.90 Å². The molecule has 6 nitrogen and oxygen atoms in total. The van der Waals surface area contributed by atoms with Crippen LogP contribution >= 0.6 is 0 Å². The number of carbonyl (C=O) groups excluding carboxylic acids is 1. The minimum Gasteiger partial charge on any atom is -0.378 e. The van der Waals surface area contributed by atoms with Gasteiger partial charge in [0.05, 0.1) is 23.8 Å². The first-order valence-corrected chi connectivity index (χ1v) is 10.8. The smallest absolute Gasteiger partial charge is 0.264 e. The highest BCUT2D eigenvalue weighted by molar-refractivity contribution is 7.92. The van der Waals surface area contributed by atoms with Crippen molar-refractivity contribution in [3.05, 3.63) is 59.7 Å². The van der Waals surface area contributed by atoms with E-state index in [2.05, 4.69) is 0 Å². The van der Waals surface area contributed by atoms with E-state index in [1.54, 1.807) is 41.3 Å². The van der Waals surface area contributed by atoms with Gasteiger partial charge in [-0.3, -0.25) is 9.10 Å². The molecule has 2 aromatic rings. The molecule has 0 atom stereocenters. The molecule has 0 unspecified atom stereocenters. The molecular formula is C21H26N2O4S. The van der Waals surface area contributed by atoms with Crippen molar-refractivity contribution in [3.8, 4) is 0 Å². The zero-order valence-corrected chi connectivity index (χ0v) is 17.1. The highest BCUT2D eigenvalue weighted by Gasteiger charge is 2.26. The molecule has 1 aliphatic rings. The topological polar surface area (TPSA) is 66.9 Å². The van der Waals surface area contributed by atoms with Crippen molar-refractivity contribution < 1.29 is 17.9 Å². The van der Waals surface area contributed by atoms with Gasteiger partial charge in [0, 0.05) is 26.1 Å². The van der Waals surface area contributed by atoms with Crippen LogP contribution in [0.5, 0.6) is 0 Å². The van der Waals surface area contributed by atoms with E-state index in [4.69, 9.17) is 4.74 Å². The van der Waals surface area contributed by atoms with Gasteiger partial charge in [0.2, 0.25) is 5.91 Å². The van der Waals surface area contributed by atoms with E-state index in [-0.39, 0.29) is 23.8 Å². The Bertz CT molecular complexity index is 902. The molecule has 0 bridgehead atoms. The third kappa shape index (κ3) is 4.72. The fourth-order valence-electron chi connectivity index (χ4n) is 3.10. The molecule has 2 aromatic carbocycles. The van der Waals surface area contributed by atoms with Crippen molar-refractivity contribution in [1.29, 1.82) is 0 Å². The quantitative estimate of drug-likeness (QED) is 0.745. The SMILES string of the molecule is Cc1ccc(N(CCC(=O)N2CCOCC2)S(=O)(=O)c2ccc(C)cc2)cc1. The van der Waals surface area contributed by atoms with Crippen LogP contribution in [0.3, 0.4) is 0 Å². The van der Waals surface area contributed by atoms with Gasteiger partial charge in [-0.25, -0.2) is 8.42 Å². The fourth-order valence-corrected chi connectivity index (χ4v) is 4.57. The van der Waals surface area contributed by atoms with E-state index in [9.17, 15) is 13.2 Å². The van der Waals surface area contributed by atoms with Crippen LogP contribution < -0.4 is 4.31 Å². The summed E-state index contributed by atoms with van der Waals surface area (Å²) in [5.74, 6) is -0.0560. The van der Waals surface area contributed by atoms with E-state index in [0.717, 1.165) is 11.1 Å². The number of nitrogens with zero attached hydrogens (tertiary/aromatic N) is 2. The molecule has 1 saturated heterocycles. The predicted molar refractivity (Wildman–Crippen MR) is 109 cm³/mol. The maximum atomic E-state index is 13.3. The Morgan fingerprint density at radius 1 is 0.964 bits per heavy atom. The molecule has 28 heavy (non-hydrogen) atoms. The number of amides is 1. The van der Waals surface area contributed by atoms with Gasteiger partial charge in [-0.1, -0.05) is 35.4 Å². The largest absolute Gasteiger partial charge is 0.378 e. The van der Waals surface area contributed by atoms with E-state index in [1.165, 1.54) is 4.31 Å². The summed E-state index contributed by atoms with van der Waals surface area (Å²) in [4.78, 5) is 14.5. The van der Waals surface area contributed by atoms with Crippen LogP contribution in [-0.2, 0) is 19.6 Å². The highest BCUT2D eigenvalue weighted by Crippen LogP contribution is 2.25. The first-order valence-electron chi connectivity index (χ1n) is 9.39. The maximum Gasteiger partial charge on any atom is 0.264 e. The van der Waals surface area contributed by atoms with Crippen molar-refractivity contribution >= 4 is 21.6 Å². The van der Waals surface area contributed by atoms with Gasteiger partial charge >= 0.3 is 0 Å². The maximum absolute atomic E-state index is 13.3. The van der Waals surface area contributed by atoms with Crippen molar-refractivity contribution in [2.45, 2.75) is 25.2 Å². The molecule has 1 heterocycles. The Balaban J connectivity index is 1.85. The lowest BCUT2D eigenvalue weighted by atomic mass is 10.2. The Morgan fingerprint density at radius 2 is 1.50 bits per heavy atom. The van der Waals surface area contributed by atoms with Gasteiger partial charge in [0.1, 0.15) is 0 Å². The zero-order valence-electron chi connectivity index (χ0n) is 16.3. The molecule has 1 fully saturated rings. The monoisotopic (exact) mass is 402 g/mol. The summed E-state index contributed by atoms with van der Waals surface area (Å²) in [6, 6.07) is 14.1. The third-order valence-electron chi connectivity index (χ3n) is 4.82. The molecule has 0 radical (unpaired) electrons. The normalized spacial score (nSPS) is 14.7. The predicted octanol–water partition coefficient (Wildman–Crippen LogP) is 2.75. The van der Waals surface area contributed by atoms with Crippen LogP contribution in [0.1, 0.15) is 17.5 Å². The number of sulfonamides is 1. The molecule has 0 aliphatic carbocycles. The average Bonchev–Trinajstić information content (AvgIpc) is 2.70. The number of hydrogen-bond acceptors (Lipinski definition) is 4. The van der Waals surface area contributed by atoms with Crippen molar-refractivity contribution in [3.63, 3.8) is 0 Å². The van der Waals surface area contributed by atoms with Crippen LogP contribution in [0, 0.1) is 13.8 Å². The summed E-state index contributed by atoms with van der Waals surface area (Å²) >= 11 is 0. The van der Waals surface area contributed by atoms with Crippen LogP contribution in [-0.4, -0.2) is 52.1 Å². The summed E-state index contributed by atoms with van der Waals surface area (Å²) in [7, 11) is -3.77. The van der Waals surface area contributed by atoms with E-state index in [1.807, 2.05) is 26.0 Å². The van der Waals surface area contributed by atoms with Crippen LogP contribution in [0.15, 0.2) is 53.4 Å². The summed E-state index contributed by atoms with van der Waals surface area (Å²) in [6.07, 6.45) is 0.124. The number of rotatable bonds is 6. The molecule has 7 heteroatoms. The Labute approximate surface area is 166 Å². The van der Waals surface area contributed by atoms with Gasteiger partial charge < -0.3 is 9.64 Å². The number of aryl methyl sites for hydroxylation is 2. The molecule has 1 aliphatic heterocycles. The highest BCUT2D eigenvalue weighted by atomic mass is 32.2. The second kappa shape index (κ2) is 8.75. The number of carbonyl (C=O) groups is 1. The van der Waals surface area contributed by atoms with Crippen LogP contribution in [0.2, 0.25) is 0 Å². The molecule has 0 aromatic heterocycles. The van der Waals surface area contributed by atoms with Gasteiger partial charge in [-0.05, 0) is 38.1 Å². The second-order valence-electron chi connectivity index (χ2n) is 6.97. The first kappa shape index (κ1) is 20.4. The van der Waals surface area contributed by atoms with Crippen LogP contribution in [0.4, 0.5) is 5.69 Å². The van der Waals surface area contributed by atoms with Crippen molar-refractivity contribution in [2.75, 3.05) is 37.2 Å². The molecular weight excluding hydrogens is 376 g/mol. The number of hydrogen-bond donors (Lipinski definition) is 0. The van der Waals surface area contributed by atoms with Gasteiger partial charge in [0.25, 0.3) is 10.0 Å². The molecule has 0 saturated carbocycles. The zero-order chi connectivity index (χ0) is 20.1. The lowest BCUT2D eigenvalue weighted by molar-refractivity contribution is -0.135. The molecule has 150 valence electrons. The summed E-state index contributed by atoms with van der Waals surface area (Å²) < 4.78 is 33.2. The molecule has 1 amide bonds. The lowest BCUT2D eigenvalue weighted by Gasteiger charge is -2.29. The minimum atomic E-state index is -3.77. The standard InChI is InChI=1S/C21H26N2O4S/c1-17-3-7-19(8-4-17)23(12-11-21(24)22-13-15-27-16-14-22)28(25,26)20-9-5-18(2)6-10-20/h3-10H,11-16H2,1-2H3. The summed E-state index contributed by atoms with van der Waals surface area (Å²) in [6.45, 7) is 6.10. The Hall–Kier alpha value is -2.38. The number of morpholine rings is 1. The Kier molecular flexibility index (Phi) is 6.36. The minimum absolute atomic E-state index is 0.0560. The lowest BCUT2D eigenvalue weighted by Crippen LogP contribution is -2.42. The van der Waals surface area contributed by atoms with E-state index in [0.29, 0.717) is 32.0 Å². The summed E-state index contributed by atoms with van der Waals surface area (Å²) in [5.41, 5.74) is 2.59. The number of ether oxygens (including phenoxy) is 1. The van der Waals surface area contributed by atoms with Gasteiger partial charge in [0.15, 0.2) is 0 Å². The third-order valence-corrected chi connectivity index (χ3v) is 6.67. The van der Waals surface area contributed by atoms with Gasteiger partial charge in [-0.15, -0.1) is 0 Å². The molecule has 3 rings (SSSR count). The van der Waals surface area contributed by atoms with E-state index < -0.39 is 10.0 Å². The van der Waals surface area contributed by atoms with E-state index >= 15 is 0 Å². The number of benzene rings is 2. The second-order valence-corrected chi connectivity index (χ2v) is 8.83. The molecule has 0 spiro atoms. The van der Waals surface area contributed by atoms with Crippen LogP contribution in [0.25, 0.3) is 0 Å².